The van der Waals surface area contributed by atoms with Crippen LogP contribution < -0.4 is 5.32 Å². The van der Waals surface area contributed by atoms with Gasteiger partial charge in [0.2, 0.25) is 0 Å². The molecule has 0 saturated heterocycles. The Morgan fingerprint density at radius 3 is 2.72 bits per heavy atom. The monoisotopic (exact) mass is 281 g/mol. The van der Waals surface area contributed by atoms with E-state index in [0.29, 0.717) is 0 Å². The fraction of sp³-hybridized carbons (Fsp3) is 0.538. The van der Waals surface area contributed by atoms with Gasteiger partial charge in [0.25, 0.3) is 0 Å². The quantitative estimate of drug-likeness (QED) is 0.928. The van der Waals surface area contributed by atoms with E-state index in [2.05, 4.69) is 54.7 Å². The maximum atomic E-state index is 4.31. The molecule has 0 aromatic carbocycles. The van der Waals surface area contributed by atoms with Gasteiger partial charge in [-0.2, -0.15) is 0 Å². The first-order valence-electron chi connectivity index (χ1n) is 6.14. The van der Waals surface area contributed by atoms with E-state index in [1.165, 1.54) is 10.4 Å². The highest BCUT2D eigenvalue weighted by molar-refractivity contribution is 7.20. The third kappa shape index (κ3) is 3.37. The van der Waals surface area contributed by atoms with Gasteiger partial charge < -0.3 is 5.32 Å². The fourth-order valence-corrected chi connectivity index (χ4v) is 3.46. The molecule has 0 aliphatic rings. The number of rotatable bonds is 4. The van der Waals surface area contributed by atoms with Crippen molar-refractivity contribution >= 4 is 22.7 Å². The first kappa shape index (κ1) is 13.6. The fourth-order valence-electron chi connectivity index (χ4n) is 1.56. The van der Waals surface area contributed by atoms with Gasteiger partial charge in [0.1, 0.15) is 5.01 Å². The summed E-state index contributed by atoms with van der Waals surface area (Å²) in [5.74, 6) is 0. The van der Waals surface area contributed by atoms with Gasteiger partial charge in [0.15, 0.2) is 5.01 Å². The molecule has 2 heterocycles. The largest absolute Gasteiger partial charge is 0.306 e. The molecule has 2 aromatic rings. The molecule has 0 atom stereocenters. The first-order chi connectivity index (χ1) is 8.49. The van der Waals surface area contributed by atoms with Crippen molar-refractivity contribution in [2.24, 2.45) is 0 Å². The number of hydrogen-bond acceptors (Lipinski definition) is 5. The Morgan fingerprint density at radius 1 is 1.28 bits per heavy atom. The smallest absolute Gasteiger partial charge is 0.158 e. The second-order valence-corrected chi connectivity index (χ2v) is 7.21. The summed E-state index contributed by atoms with van der Waals surface area (Å²) in [6.07, 6.45) is 1.05. The summed E-state index contributed by atoms with van der Waals surface area (Å²) in [6.45, 7) is 9.43. The van der Waals surface area contributed by atoms with E-state index in [9.17, 15) is 0 Å². The lowest BCUT2D eigenvalue weighted by Gasteiger charge is -2.19. The van der Waals surface area contributed by atoms with Crippen LogP contribution in [0.2, 0.25) is 0 Å². The van der Waals surface area contributed by atoms with Gasteiger partial charge in [-0.1, -0.05) is 18.3 Å². The molecule has 0 spiro atoms. The molecule has 0 saturated carbocycles. The standard InChI is InChI=1S/C13H19N3S2/c1-5-9-6-7-17-11(9)12-16-15-10(18-12)8-14-13(2,3)4/h6-7,14H,5,8H2,1-4H3. The van der Waals surface area contributed by atoms with E-state index < -0.39 is 0 Å². The zero-order valence-corrected chi connectivity index (χ0v) is 12.9. The van der Waals surface area contributed by atoms with E-state index in [0.717, 1.165) is 23.0 Å². The highest BCUT2D eigenvalue weighted by Gasteiger charge is 2.14. The van der Waals surface area contributed by atoms with E-state index >= 15 is 0 Å². The summed E-state index contributed by atoms with van der Waals surface area (Å²) < 4.78 is 0. The average Bonchev–Trinajstić information content (AvgIpc) is 2.93. The molecule has 0 aliphatic heterocycles. The van der Waals surface area contributed by atoms with Crippen LogP contribution in [0.15, 0.2) is 11.4 Å². The van der Waals surface area contributed by atoms with Gasteiger partial charge in [-0.25, -0.2) is 0 Å². The normalized spacial score (nSPS) is 12.0. The predicted molar refractivity (Wildman–Crippen MR) is 79.2 cm³/mol. The highest BCUT2D eigenvalue weighted by Crippen LogP contribution is 2.32. The molecule has 5 heteroatoms. The lowest BCUT2D eigenvalue weighted by atomic mass is 10.1. The number of aromatic nitrogens is 2. The molecular formula is C13H19N3S2. The minimum atomic E-state index is 0.114. The molecule has 0 amide bonds. The van der Waals surface area contributed by atoms with Gasteiger partial charge in [-0.05, 0) is 44.2 Å². The van der Waals surface area contributed by atoms with Gasteiger partial charge in [-0.3, -0.25) is 0 Å². The van der Waals surface area contributed by atoms with Crippen LogP contribution in [0, 0.1) is 0 Å². The lowest BCUT2D eigenvalue weighted by Crippen LogP contribution is -2.35. The van der Waals surface area contributed by atoms with Crippen molar-refractivity contribution in [3.8, 4) is 9.88 Å². The molecule has 0 bridgehead atoms. The zero-order chi connectivity index (χ0) is 13.2. The Balaban J connectivity index is 2.11. The van der Waals surface area contributed by atoms with Crippen molar-refractivity contribution < 1.29 is 0 Å². The summed E-state index contributed by atoms with van der Waals surface area (Å²) in [5.41, 5.74) is 1.48. The van der Waals surface area contributed by atoms with Crippen LogP contribution in [0.5, 0.6) is 0 Å². The van der Waals surface area contributed by atoms with Crippen LogP contribution in [-0.4, -0.2) is 15.7 Å². The van der Waals surface area contributed by atoms with E-state index in [-0.39, 0.29) is 5.54 Å². The summed E-state index contributed by atoms with van der Waals surface area (Å²) in [6, 6.07) is 2.18. The Labute approximate surface area is 116 Å². The van der Waals surface area contributed by atoms with Crippen molar-refractivity contribution in [1.29, 1.82) is 0 Å². The van der Waals surface area contributed by atoms with Gasteiger partial charge >= 0.3 is 0 Å². The maximum Gasteiger partial charge on any atom is 0.158 e. The molecule has 2 aromatic heterocycles. The molecule has 0 fully saturated rings. The Hall–Kier alpha value is -0.780. The van der Waals surface area contributed by atoms with E-state index in [1.807, 2.05) is 0 Å². The van der Waals surface area contributed by atoms with Gasteiger partial charge in [0.05, 0.1) is 11.4 Å². The number of aryl methyl sites for hydroxylation is 1. The maximum absolute atomic E-state index is 4.31. The predicted octanol–water partition coefficient (Wildman–Crippen LogP) is 3.72. The third-order valence-electron chi connectivity index (χ3n) is 2.56. The van der Waals surface area contributed by atoms with E-state index in [4.69, 9.17) is 0 Å². The molecule has 1 N–H and O–H groups in total. The van der Waals surface area contributed by atoms with Crippen molar-refractivity contribution in [1.82, 2.24) is 15.5 Å². The van der Waals surface area contributed by atoms with Gasteiger partial charge in [0, 0.05) is 5.54 Å². The molecule has 0 unspecified atom stereocenters. The summed E-state index contributed by atoms with van der Waals surface area (Å²) in [5, 5.41) is 16.2. The topological polar surface area (TPSA) is 37.8 Å². The Morgan fingerprint density at radius 2 is 2.06 bits per heavy atom. The number of thiophene rings is 1. The van der Waals surface area contributed by atoms with Crippen molar-refractivity contribution in [2.45, 2.75) is 46.2 Å². The molecule has 2 rings (SSSR count). The van der Waals surface area contributed by atoms with Gasteiger partial charge in [-0.15, -0.1) is 21.5 Å². The molecular weight excluding hydrogens is 262 g/mol. The third-order valence-corrected chi connectivity index (χ3v) is 4.59. The average molecular weight is 281 g/mol. The summed E-state index contributed by atoms with van der Waals surface area (Å²) in [4.78, 5) is 1.28. The second kappa shape index (κ2) is 5.47. The molecule has 98 valence electrons. The Kier molecular flexibility index (Phi) is 4.14. The number of nitrogens with one attached hydrogen (secondary N) is 1. The highest BCUT2D eigenvalue weighted by atomic mass is 32.1. The van der Waals surface area contributed by atoms with Crippen LogP contribution in [0.4, 0.5) is 0 Å². The van der Waals surface area contributed by atoms with Crippen LogP contribution in [-0.2, 0) is 13.0 Å². The molecule has 0 radical (unpaired) electrons. The van der Waals surface area contributed by atoms with Crippen molar-refractivity contribution in [3.05, 3.63) is 22.0 Å². The van der Waals surface area contributed by atoms with Crippen LogP contribution in [0.3, 0.4) is 0 Å². The van der Waals surface area contributed by atoms with Crippen molar-refractivity contribution in [3.63, 3.8) is 0 Å². The molecule has 18 heavy (non-hydrogen) atoms. The lowest BCUT2D eigenvalue weighted by molar-refractivity contribution is 0.423. The number of hydrogen-bond donors (Lipinski definition) is 1. The van der Waals surface area contributed by atoms with E-state index in [1.54, 1.807) is 22.7 Å². The second-order valence-electron chi connectivity index (χ2n) is 5.23. The minimum absolute atomic E-state index is 0.114. The SMILES string of the molecule is CCc1ccsc1-c1nnc(CNC(C)(C)C)s1. The Bertz CT molecular complexity index is 508. The number of nitrogens with zero attached hydrogens (tertiary/aromatic N) is 2. The zero-order valence-electron chi connectivity index (χ0n) is 11.3. The van der Waals surface area contributed by atoms with Crippen LogP contribution >= 0.6 is 22.7 Å². The summed E-state index contributed by atoms with van der Waals surface area (Å²) >= 11 is 3.44. The van der Waals surface area contributed by atoms with Crippen LogP contribution in [0.25, 0.3) is 9.88 Å². The molecule has 3 nitrogen and oxygen atoms in total. The molecule has 0 aliphatic carbocycles. The first-order valence-corrected chi connectivity index (χ1v) is 7.83. The van der Waals surface area contributed by atoms with Crippen LogP contribution in [0.1, 0.15) is 38.3 Å². The van der Waals surface area contributed by atoms with Crippen molar-refractivity contribution in [2.75, 3.05) is 0 Å². The summed E-state index contributed by atoms with van der Waals surface area (Å²) in [7, 11) is 0. The minimum Gasteiger partial charge on any atom is -0.306 e.